The van der Waals surface area contributed by atoms with Crippen molar-refractivity contribution in [2.75, 3.05) is 0 Å². The predicted octanol–water partition coefficient (Wildman–Crippen LogP) is 0.735. The van der Waals surface area contributed by atoms with Gasteiger partial charge in [0.1, 0.15) is 0 Å². The van der Waals surface area contributed by atoms with Crippen LogP contribution in [0.15, 0.2) is 29.4 Å². The van der Waals surface area contributed by atoms with E-state index in [2.05, 4.69) is 10.5 Å². The highest BCUT2D eigenvalue weighted by Crippen LogP contribution is 2.26. The fraction of sp³-hybridized carbons (Fsp3) is 0.273. The van der Waals surface area contributed by atoms with Gasteiger partial charge < -0.3 is 5.73 Å². The second-order valence-corrected chi connectivity index (χ2v) is 3.62. The molecule has 0 heterocycles. The number of carbonyl (C=O) groups is 1. The third-order valence-corrected chi connectivity index (χ3v) is 2.48. The topological polar surface area (TPSA) is 67.5 Å². The van der Waals surface area contributed by atoms with Gasteiger partial charge in [-0.15, -0.1) is 0 Å². The van der Waals surface area contributed by atoms with E-state index >= 15 is 0 Å². The van der Waals surface area contributed by atoms with E-state index in [4.69, 9.17) is 5.73 Å². The summed E-state index contributed by atoms with van der Waals surface area (Å²) in [5.41, 5.74) is 11.5. The summed E-state index contributed by atoms with van der Waals surface area (Å²) in [6, 6.07) is 7.78. The molecular formula is C11H13N3O. The summed E-state index contributed by atoms with van der Waals surface area (Å²) < 4.78 is 0. The summed E-state index contributed by atoms with van der Waals surface area (Å²) in [6.07, 6.45) is 0.720. The summed E-state index contributed by atoms with van der Waals surface area (Å²) in [7, 11) is 0. The Hall–Kier alpha value is -1.68. The van der Waals surface area contributed by atoms with E-state index in [0.717, 1.165) is 17.7 Å². The standard InChI is InChI=1S/C11H13N3O/c1-7(15)13-14-10-6-8-4-2-3-5-9(8)11(10)12/h2-5,11H,6,12H2,1H3,(H,13,15)/b14-10-. The molecule has 1 aliphatic carbocycles. The van der Waals surface area contributed by atoms with Crippen molar-refractivity contribution in [1.29, 1.82) is 0 Å². The Kier molecular flexibility index (Phi) is 2.51. The van der Waals surface area contributed by atoms with Gasteiger partial charge in [-0.3, -0.25) is 4.79 Å². The summed E-state index contributed by atoms with van der Waals surface area (Å²) in [4.78, 5) is 10.7. The van der Waals surface area contributed by atoms with Crippen LogP contribution in [0.1, 0.15) is 24.1 Å². The van der Waals surface area contributed by atoms with Crippen molar-refractivity contribution in [3.05, 3.63) is 35.4 Å². The van der Waals surface area contributed by atoms with E-state index < -0.39 is 0 Å². The van der Waals surface area contributed by atoms with Gasteiger partial charge in [0.25, 0.3) is 0 Å². The van der Waals surface area contributed by atoms with E-state index in [9.17, 15) is 4.79 Å². The van der Waals surface area contributed by atoms with Gasteiger partial charge in [-0.05, 0) is 11.1 Å². The maximum Gasteiger partial charge on any atom is 0.236 e. The summed E-state index contributed by atoms with van der Waals surface area (Å²) in [6.45, 7) is 1.43. The molecule has 0 bridgehead atoms. The molecule has 2 rings (SSSR count). The predicted molar refractivity (Wildman–Crippen MR) is 58.3 cm³/mol. The van der Waals surface area contributed by atoms with Gasteiger partial charge in [0.15, 0.2) is 0 Å². The van der Waals surface area contributed by atoms with E-state index in [1.165, 1.54) is 12.5 Å². The van der Waals surface area contributed by atoms with Crippen LogP contribution in [0.3, 0.4) is 0 Å². The fourth-order valence-corrected chi connectivity index (χ4v) is 1.74. The smallest absolute Gasteiger partial charge is 0.236 e. The highest BCUT2D eigenvalue weighted by Gasteiger charge is 2.24. The first kappa shape index (κ1) is 9.86. The molecule has 4 heteroatoms. The monoisotopic (exact) mass is 203 g/mol. The van der Waals surface area contributed by atoms with Gasteiger partial charge in [0, 0.05) is 13.3 Å². The number of hydrazone groups is 1. The van der Waals surface area contributed by atoms with E-state index in [0.29, 0.717) is 0 Å². The van der Waals surface area contributed by atoms with Crippen LogP contribution in [0.5, 0.6) is 0 Å². The van der Waals surface area contributed by atoms with Crippen molar-refractivity contribution in [3.8, 4) is 0 Å². The molecule has 78 valence electrons. The second kappa shape index (κ2) is 3.82. The average molecular weight is 203 g/mol. The molecule has 1 amide bonds. The van der Waals surface area contributed by atoms with Crippen molar-refractivity contribution < 1.29 is 4.79 Å². The molecule has 15 heavy (non-hydrogen) atoms. The number of hydrogen-bond donors (Lipinski definition) is 2. The molecule has 1 atom stereocenters. The van der Waals surface area contributed by atoms with Crippen molar-refractivity contribution in [2.24, 2.45) is 10.8 Å². The minimum atomic E-state index is -0.187. The van der Waals surface area contributed by atoms with Crippen molar-refractivity contribution in [1.82, 2.24) is 5.43 Å². The molecule has 0 saturated carbocycles. The molecule has 1 aromatic rings. The number of nitrogens with two attached hydrogens (primary N) is 1. The zero-order valence-corrected chi connectivity index (χ0v) is 8.53. The molecule has 0 aromatic heterocycles. The molecule has 1 aromatic carbocycles. The lowest BCUT2D eigenvalue weighted by molar-refractivity contribution is -0.118. The molecule has 1 aliphatic rings. The molecule has 0 spiro atoms. The Morgan fingerprint density at radius 3 is 2.93 bits per heavy atom. The van der Waals surface area contributed by atoms with Crippen LogP contribution >= 0.6 is 0 Å². The van der Waals surface area contributed by atoms with Crippen molar-refractivity contribution in [3.63, 3.8) is 0 Å². The third-order valence-electron chi connectivity index (χ3n) is 2.48. The molecule has 0 aliphatic heterocycles. The van der Waals surface area contributed by atoms with Gasteiger partial charge in [0.05, 0.1) is 11.8 Å². The quantitative estimate of drug-likeness (QED) is 0.661. The lowest BCUT2D eigenvalue weighted by Crippen LogP contribution is -2.22. The number of fused-ring (bicyclic) bond motifs is 1. The zero-order valence-electron chi connectivity index (χ0n) is 8.53. The zero-order chi connectivity index (χ0) is 10.8. The lowest BCUT2D eigenvalue weighted by Gasteiger charge is -2.05. The average Bonchev–Trinajstić information content (AvgIpc) is 2.54. The summed E-state index contributed by atoms with van der Waals surface area (Å²) >= 11 is 0. The molecular weight excluding hydrogens is 190 g/mol. The van der Waals surface area contributed by atoms with Crippen LogP contribution in [0, 0.1) is 0 Å². The van der Waals surface area contributed by atoms with Gasteiger partial charge in [0.2, 0.25) is 5.91 Å². The van der Waals surface area contributed by atoms with Gasteiger partial charge >= 0.3 is 0 Å². The molecule has 0 fully saturated rings. The second-order valence-electron chi connectivity index (χ2n) is 3.62. The van der Waals surface area contributed by atoms with Crippen molar-refractivity contribution in [2.45, 2.75) is 19.4 Å². The first-order chi connectivity index (χ1) is 7.18. The minimum Gasteiger partial charge on any atom is -0.319 e. The van der Waals surface area contributed by atoms with Crippen LogP contribution in [0.25, 0.3) is 0 Å². The van der Waals surface area contributed by atoms with Gasteiger partial charge in [-0.25, -0.2) is 5.43 Å². The Bertz CT molecular complexity index is 426. The number of benzene rings is 1. The maximum atomic E-state index is 10.7. The Labute approximate surface area is 88.2 Å². The van der Waals surface area contributed by atoms with Gasteiger partial charge in [-0.1, -0.05) is 24.3 Å². The first-order valence-electron chi connectivity index (χ1n) is 4.85. The highest BCUT2D eigenvalue weighted by molar-refractivity contribution is 5.97. The number of nitrogens with zero attached hydrogens (tertiary/aromatic N) is 1. The van der Waals surface area contributed by atoms with E-state index in [1.807, 2.05) is 24.3 Å². The summed E-state index contributed by atoms with van der Waals surface area (Å²) in [5.74, 6) is -0.175. The van der Waals surface area contributed by atoms with Crippen LogP contribution in [0.4, 0.5) is 0 Å². The molecule has 0 radical (unpaired) electrons. The number of carbonyl (C=O) groups excluding carboxylic acids is 1. The highest BCUT2D eigenvalue weighted by atomic mass is 16.2. The fourth-order valence-electron chi connectivity index (χ4n) is 1.74. The van der Waals surface area contributed by atoms with Crippen LogP contribution in [-0.4, -0.2) is 11.6 Å². The Morgan fingerprint density at radius 1 is 1.53 bits per heavy atom. The summed E-state index contributed by atoms with van der Waals surface area (Å²) in [5, 5.41) is 4.01. The SMILES string of the molecule is CC(=O)N/N=C1/Cc2ccccc2C1N. The van der Waals surface area contributed by atoms with Crippen molar-refractivity contribution >= 4 is 11.6 Å². The molecule has 1 unspecified atom stereocenters. The van der Waals surface area contributed by atoms with Crippen LogP contribution < -0.4 is 11.2 Å². The lowest BCUT2D eigenvalue weighted by atomic mass is 10.1. The van der Waals surface area contributed by atoms with E-state index in [1.54, 1.807) is 0 Å². The maximum absolute atomic E-state index is 10.7. The number of amides is 1. The van der Waals surface area contributed by atoms with Crippen LogP contribution in [0.2, 0.25) is 0 Å². The molecule has 3 N–H and O–H groups in total. The molecule has 4 nitrogen and oxygen atoms in total. The Morgan fingerprint density at radius 2 is 2.27 bits per heavy atom. The number of rotatable bonds is 1. The first-order valence-corrected chi connectivity index (χ1v) is 4.85. The minimum absolute atomic E-state index is 0.175. The number of nitrogens with one attached hydrogen (secondary N) is 1. The van der Waals surface area contributed by atoms with Gasteiger partial charge in [-0.2, -0.15) is 5.10 Å². The van der Waals surface area contributed by atoms with Crippen LogP contribution in [-0.2, 0) is 11.2 Å². The molecule has 0 saturated heterocycles. The Balaban J connectivity index is 2.23. The van der Waals surface area contributed by atoms with E-state index in [-0.39, 0.29) is 11.9 Å². The normalized spacial score (nSPS) is 21.5. The largest absolute Gasteiger partial charge is 0.319 e. The third kappa shape index (κ3) is 1.89. The number of hydrogen-bond acceptors (Lipinski definition) is 3.